The molecule has 2 aliphatic rings. The zero-order valence-electron chi connectivity index (χ0n) is 29.2. The average Bonchev–Trinajstić information content (AvgIpc) is 3.88. The van der Waals surface area contributed by atoms with Crippen molar-refractivity contribution < 1.29 is 13.2 Å². The number of amidine groups is 1. The molecule has 1 aliphatic heterocycles. The summed E-state index contributed by atoms with van der Waals surface area (Å²) in [5.41, 5.74) is 14.2. The fraction of sp³-hybridized carbons (Fsp3) is 0.500. The molecule has 1 aliphatic carbocycles. The molecule has 0 bridgehead atoms. The maximum Gasteiger partial charge on any atom is 0.354 e. The number of hydrogen-bond acceptors (Lipinski definition) is 6. The Bertz CT molecular complexity index is 1940. The fourth-order valence-electron chi connectivity index (χ4n) is 7.55. The summed E-state index contributed by atoms with van der Waals surface area (Å²) < 4.78 is 46.5. The lowest BCUT2D eigenvalue weighted by Gasteiger charge is -2.43. The van der Waals surface area contributed by atoms with Crippen molar-refractivity contribution in [3.05, 3.63) is 74.8 Å². The first-order valence-corrected chi connectivity index (χ1v) is 19.5. The van der Waals surface area contributed by atoms with Gasteiger partial charge in [-0.15, -0.1) is 11.8 Å². The Morgan fingerprint density at radius 1 is 1.16 bits per heavy atom. The molecule has 5 N–H and O–H groups in total. The third kappa shape index (κ3) is 8.67. The predicted molar refractivity (Wildman–Crippen MR) is 202 cm³/mol. The van der Waals surface area contributed by atoms with E-state index in [1.165, 1.54) is 35.2 Å². The van der Waals surface area contributed by atoms with Crippen LogP contribution in [0.15, 0.2) is 51.2 Å². The standard InChI is InChI=1S/C38H47ClF3N7OS/c1-22(43)45-14-12-26-7-4-9-33(48(26)15-5-13-40)35-30(41)19-27(20-34(35)51-2)49-21-25-18-32(46-37(25)47-38(49)50)28-16-23(17-29(39)36(28)42)6-3-8-31(44)24-10-11-24/h16-21,24,26,31,33H,3-15,44H2,1-2H3,(H2,43,45)(H,46,47,50)/t26-,31?,33-/m0/s1. The minimum atomic E-state index is -0.604. The molecular formula is C38H47ClF3N7OS. The number of nitrogens with one attached hydrogen (secondary N) is 1. The Hall–Kier alpha value is -3.32. The van der Waals surface area contributed by atoms with E-state index in [4.69, 9.17) is 23.1 Å². The Morgan fingerprint density at radius 3 is 2.69 bits per heavy atom. The number of thioether (sulfide) groups is 1. The van der Waals surface area contributed by atoms with Crippen LogP contribution in [0.2, 0.25) is 5.02 Å². The molecule has 1 saturated carbocycles. The van der Waals surface area contributed by atoms with Gasteiger partial charge in [-0.3, -0.25) is 18.8 Å². The number of halogens is 4. The second kappa shape index (κ2) is 16.6. The van der Waals surface area contributed by atoms with Crippen LogP contribution in [-0.2, 0) is 6.42 Å². The van der Waals surface area contributed by atoms with Crippen LogP contribution in [0.3, 0.4) is 0 Å². The van der Waals surface area contributed by atoms with Gasteiger partial charge in [-0.2, -0.15) is 4.98 Å². The number of benzene rings is 2. The molecule has 2 aromatic heterocycles. The van der Waals surface area contributed by atoms with Gasteiger partial charge in [0.2, 0.25) is 0 Å². The lowest BCUT2D eigenvalue weighted by molar-refractivity contribution is 0.0713. The second-order valence-electron chi connectivity index (χ2n) is 13.9. The summed E-state index contributed by atoms with van der Waals surface area (Å²) in [5.74, 6) is 0.144. The first-order valence-electron chi connectivity index (χ1n) is 17.9. The number of rotatable bonds is 15. The number of aliphatic imine (C=N–C) groups is 1. The average molecular weight is 742 g/mol. The molecule has 3 heterocycles. The number of likely N-dealkylation sites (tertiary alicyclic amines) is 1. The van der Waals surface area contributed by atoms with E-state index >= 15 is 8.78 Å². The van der Waals surface area contributed by atoms with Crippen LogP contribution in [0.1, 0.15) is 81.9 Å². The quantitative estimate of drug-likeness (QED) is 0.0644. The maximum atomic E-state index is 16.4. The number of fused-ring (bicyclic) bond motifs is 1. The normalized spacial score (nSPS) is 19.2. The number of aryl methyl sites for hydroxylation is 1. The minimum absolute atomic E-state index is 0.0204. The van der Waals surface area contributed by atoms with Gasteiger partial charge in [-0.1, -0.05) is 11.6 Å². The van der Waals surface area contributed by atoms with Gasteiger partial charge in [-0.25, -0.2) is 13.6 Å². The van der Waals surface area contributed by atoms with Gasteiger partial charge in [0.05, 0.1) is 28.9 Å². The monoisotopic (exact) mass is 741 g/mol. The van der Waals surface area contributed by atoms with E-state index < -0.39 is 24.0 Å². The zero-order chi connectivity index (χ0) is 36.2. The van der Waals surface area contributed by atoms with Gasteiger partial charge in [-0.05, 0) is 119 Å². The topological polar surface area (TPSA) is 118 Å². The van der Waals surface area contributed by atoms with Crippen LogP contribution in [-0.4, -0.2) is 63.4 Å². The van der Waals surface area contributed by atoms with Crippen molar-refractivity contribution in [2.45, 2.75) is 94.2 Å². The Labute approximate surface area is 306 Å². The van der Waals surface area contributed by atoms with Gasteiger partial charge in [0.15, 0.2) is 5.82 Å². The Balaban J connectivity index is 1.29. The fourth-order valence-corrected chi connectivity index (χ4v) is 8.48. The summed E-state index contributed by atoms with van der Waals surface area (Å²) in [6.07, 6.45) is 12.0. The van der Waals surface area contributed by atoms with Crippen LogP contribution in [0.25, 0.3) is 28.0 Å². The summed E-state index contributed by atoms with van der Waals surface area (Å²) >= 11 is 7.74. The summed E-state index contributed by atoms with van der Waals surface area (Å²) in [6, 6.07) is 8.40. The predicted octanol–water partition coefficient (Wildman–Crippen LogP) is 8.12. The molecular weight excluding hydrogens is 695 g/mol. The molecule has 2 fully saturated rings. The number of aromatic nitrogens is 3. The molecule has 0 radical (unpaired) electrons. The van der Waals surface area contributed by atoms with Gasteiger partial charge >= 0.3 is 5.69 Å². The van der Waals surface area contributed by atoms with Crippen molar-refractivity contribution in [3.63, 3.8) is 0 Å². The molecule has 0 spiro atoms. The lowest BCUT2D eigenvalue weighted by Crippen LogP contribution is -2.43. The molecule has 2 aromatic carbocycles. The van der Waals surface area contributed by atoms with Crippen molar-refractivity contribution in [1.29, 1.82) is 0 Å². The van der Waals surface area contributed by atoms with Gasteiger partial charge in [0, 0.05) is 58.8 Å². The highest BCUT2D eigenvalue weighted by atomic mass is 35.5. The SMILES string of the molecule is CSc1cc(-n2cc3cc(-c4cc(CCCC(N)C5CC5)cc(Cl)c4F)[nH]c3nc2=O)cc(F)c1[C@@H]1CCC[C@@H](CCN=C(C)N)N1CCCF. The van der Waals surface area contributed by atoms with E-state index in [-0.39, 0.29) is 34.4 Å². The summed E-state index contributed by atoms with van der Waals surface area (Å²) in [4.78, 5) is 28.0. The van der Waals surface area contributed by atoms with Gasteiger partial charge in [0.25, 0.3) is 0 Å². The van der Waals surface area contributed by atoms with E-state index in [0.29, 0.717) is 64.9 Å². The third-order valence-corrected chi connectivity index (χ3v) is 11.3. The van der Waals surface area contributed by atoms with E-state index in [2.05, 4.69) is 19.9 Å². The highest BCUT2D eigenvalue weighted by Crippen LogP contribution is 2.42. The first-order chi connectivity index (χ1) is 24.6. The number of alkyl halides is 1. The molecule has 1 unspecified atom stereocenters. The summed E-state index contributed by atoms with van der Waals surface area (Å²) in [6.45, 7) is 2.37. The molecule has 1 saturated heterocycles. The van der Waals surface area contributed by atoms with Crippen molar-refractivity contribution in [2.75, 3.05) is 26.0 Å². The minimum Gasteiger partial charge on any atom is -0.388 e. The number of hydrogen-bond donors (Lipinski definition) is 3. The van der Waals surface area contributed by atoms with E-state index in [1.807, 2.05) is 12.3 Å². The highest BCUT2D eigenvalue weighted by molar-refractivity contribution is 7.98. The van der Waals surface area contributed by atoms with Gasteiger partial charge < -0.3 is 16.5 Å². The van der Waals surface area contributed by atoms with Crippen LogP contribution < -0.4 is 17.2 Å². The Morgan fingerprint density at radius 2 is 1.96 bits per heavy atom. The molecule has 4 aromatic rings. The lowest BCUT2D eigenvalue weighted by atomic mass is 9.88. The van der Waals surface area contributed by atoms with Crippen molar-refractivity contribution in [2.24, 2.45) is 22.4 Å². The number of nitrogens with two attached hydrogens (primary N) is 2. The Kier molecular flexibility index (Phi) is 12.2. The van der Waals surface area contributed by atoms with E-state index in [0.717, 1.165) is 44.1 Å². The number of aromatic amines is 1. The number of piperidine rings is 1. The molecule has 274 valence electrons. The molecule has 6 rings (SSSR count). The first kappa shape index (κ1) is 37.4. The van der Waals surface area contributed by atoms with E-state index in [9.17, 15) is 9.18 Å². The summed E-state index contributed by atoms with van der Waals surface area (Å²) in [7, 11) is 0. The largest absolute Gasteiger partial charge is 0.388 e. The van der Waals surface area contributed by atoms with Crippen molar-refractivity contribution in [1.82, 2.24) is 19.4 Å². The highest BCUT2D eigenvalue weighted by Gasteiger charge is 2.34. The third-order valence-electron chi connectivity index (χ3n) is 10.3. The van der Waals surface area contributed by atoms with Crippen molar-refractivity contribution >= 4 is 40.2 Å². The van der Waals surface area contributed by atoms with Crippen LogP contribution in [0.5, 0.6) is 0 Å². The molecule has 8 nitrogen and oxygen atoms in total. The molecule has 0 amide bonds. The van der Waals surface area contributed by atoms with Gasteiger partial charge in [0.1, 0.15) is 11.5 Å². The number of H-pyrrole nitrogens is 1. The van der Waals surface area contributed by atoms with Crippen LogP contribution >= 0.6 is 23.4 Å². The van der Waals surface area contributed by atoms with Crippen molar-refractivity contribution in [3.8, 4) is 16.9 Å². The smallest absolute Gasteiger partial charge is 0.354 e. The summed E-state index contributed by atoms with van der Waals surface area (Å²) in [5, 5.41) is 0.575. The van der Waals surface area contributed by atoms with E-state index in [1.54, 1.807) is 31.3 Å². The van der Waals surface area contributed by atoms with Crippen LogP contribution in [0, 0.1) is 17.6 Å². The molecule has 3 atom stereocenters. The number of nitrogens with zero attached hydrogens (tertiary/aromatic N) is 4. The van der Waals surface area contributed by atoms with Crippen LogP contribution in [0.4, 0.5) is 13.2 Å². The molecule has 51 heavy (non-hydrogen) atoms. The zero-order valence-corrected chi connectivity index (χ0v) is 30.8. The molecule has 13 heteroatoms. The second-order valence-corrected chi connectivity index (χ2v) is 15.2. The maximum absolute atomic E-state index is 16.4.